The number of hydrogen-bond acceptors (Lipinski definition) is 2. The summed E-state index contributed by atoms with van der Waals surface area (Å²) in [5.41, 5.74) is 2.35. The zero-order valence-corrected chi connectivity index (χ0v) is 18.0. The molecule has 1 heterocycles. The minimum absolute atomic E-state index is 0. The summed E-state index contributed by atoms with van der Waals surface area (Å²) in [6.45, 7) is 2.70. The van der Waals surface area contributed by atoms with E-state index >= 15 is 0 Å². The third-order valence-corrected chi connectivity index (χ3v) is 3.99. The number of aryl methyl sites for hydroxylation is 1. The molecule has 0 bridgehead atoms. The molecule has 0 saturated carbocycles. The van der Waals surface area contributed by atoms with Crippen molar-refractivity contribution in [1.29, 1.82) is 0 Å². The second-order valence-corrected chi connectivity index (χ2v) is 6.06. The summed E-state index contributed by atoms with van der Waals surface area (Å²) < 4.78 is 7.79. The monoisotopic (exact) mass is 476 g/mol. The maximum absolute atomic E-state index is 5.87. The lowest BCUT2D eigenvalue weighted by Crippen LogP contribution is -2.40. The van der Waals surface area contributed by atoms with Gasteiger partial charge in [0.05, 0.1) is 19.8 Å². The van der Waals surface area contributed by atoms with Crippen LogP contribution in [-0.4, -0.2) is 42.7 Å². The number of rotatable bonds is 7. The van der Waals surface area contributed by atoms with Gasteiger partial charge in [0.2, 0.25) is 0 Å². The number of benzene rings is 1. The first-order chi connectivity index (χ1) is 11.6. The highest BCUT2D eigenvalue weighted by atomic mass is 127. The smallest absolute Gasteiger partial charge is 0.193 e. The Hall–Kier alpha value is -1.25. The molecule has 25 heavy (non-hydrogen) atoms. The molecule has 138 valence electrons. The third-order valence-electron chi connectivity index (χ3n) is 3.74. The van der Waals surface area contributed by atoms with Crippen LogP contribution in [0.2, 0.25) is 5.02 Å². The molecule has 2 rings (SSSR count). The van der Waals surface area contributed by atoms with Crippen LogP contribution in [0.5, 0.6) is 0 Å². The summed E-state index contributed by atoms with van der Waals surface area (Å²) in [4.78, 5) is 6.41. The summed E-state index contributed by atoms with van der Waals surface area (Å²) >= 11 is 5.87. The number of ether oxygens (including phenoxy) is 1. The third kappa shape index (κ3) is 7.25. The lowest BCUT2D eigenvalue weighted by atomic mass is 10.2. The molecule has 7 heteroatoms. The Balaban J connectivity index is 0.00000312. The van der Waals surface area contributed by atoms with Gasteiger partial charge in [0, 0.05) is 44.6 Å². The van der Waals surface area contributed by atoms with Gasteiger partial charge in [-0.2, -0.15) is 0 Å². The van der Waals surface area contributed by atoms with E-state index in [4.69, 9.17) is 16.3 Å². The summed E-state index contributed by atoms with van der Waals surface area (Å²) in [6.07, 6.45) is 2.05. The van der Waals surface area contributed by atoms with Gasteiger partial charge in [-0.1, -0.05) is 23.7 Å². The molecule has 0 aliphatic rings. The van der Waals surface area contributed by atoms with Crippen molar-refractivity contribution in [3.8, 4) is 0 Å². The topological polar surface area (TPSA) is 41.8 Å². The average Bonchev–Trinajstić information content (AvgIpc) is 2.97. The molecule has 0 atom stereocenters. The summed E-state index contributed by atoms with van der Waals surface area (Å²) in [5, 5.41) is 4.06. The van der Waals surface area contributed by atoms with Crippen LogP contribution >= 0.6 is 35.6 Å². The molecule has 0 aliphatic heterocycles. The zero-order valence-electron chi connectivity index (χ0n) is 14.9. The van der Waals surface area contributed by atoms with Gasteiger partial charge in [0.25, 0.3) is 0 Å². The molecule has 0 aliphatic carbocycles. The quantitative estimate of drug-likeness (QED) is 0.288. The zero-order chi connectivity index (χ0) is 17.4. The van der Waals surface area contributed by atoms with Crippen molar-refractivity contribution in [2.45, 2.75) is 13.2 Å². The van der Waals surface area contributed by atoms with Gasteiger partial charge in [-0.15, -0.1) is 24.0 Å². The molecular formula is C18H26ClIN4O. The van der Waals surface area contributed by atoms with Gasteiger partial charge in [-0.05, 0) is 29.8 Å². The Morgan fingerprint density at radius 1 is 1.28 bits per heavy atom. The Morgan fingerprint density at radius 2 is 2.00 bits per heavy atom. The Morgan fingerprint density at radius 3 is 2.60 bits per heavy atom. The molecule has 0 fully saturated rings. The Kier molecular flexibility index (Phi) is 9.92. The van der Waals surface area contributed by atoms with E-state index in [0.717, 1.165) is 23.1 Å². The minimum atomic E-state index is 0. The van der Waals surface area contributed by atoms with Gasteiger partial charge in [0.1, 0.15) is 0 Å². The summed E-state index contributed by atoms with van der Waals surface area (Å²) in [7, 11) is 5.86. The molecule has 0 spiro atoms. The normalized spacial score (nSPS) is 11.1. The number of hydrogen-bond donors (Lipinski definition) is 1. The fourth-order valence-corrected chi connectivity index (χ4v) is 2.50. The van der Waals surface area contributed by atoms with E-state index in [9.17, 15) is 0 Å². The number of nitrogens with zero attached hydrogens (tertiary/aromatic N) is 3. The van der Waals surface area contributed by atoms with Crippen molar-refractivity contribution < 1.29 is 4.74 Å². The highest BCUT2D eigenvalue weighted by Gasteiger charge is 2.07. The van der Waals surface area contributed by atoms with Crippen LogP contribution in [0.3, 0.4) is 0 Å². The predicted octanol–water partition coefficient (Wildman–Crippen LogP) is 3.52. The SMILES string of the molecule is CN=C(NCCOCc1ccc(Cl)cc1)N(C)Cc1cccn1C.I. The van der Waals surface area contributed by atoms with Gasteiger partial charge < -0.3 is 19.5 Å². The molecule has 1 aromatic carbocycles. The first-order valence-corrected chi connectivity index (χ1v) is 8.32. The van der Waals surface area contributed by atoms with Crippen molar-refractivity contribution in [3.05, 3.63) is 58.9 Å². The summed E-state index contributed by atoms with van der Waals surface area (Å²) in [5.74, 6) is 0.853. The highest BCUT2D eigenvalue weighted by Crippen LogP contribution is 2.10. The number of aromatic nitrogens is 1. The standard InChI is InChI=1S/C18H25ClN4O.HI/c1-20-18(23(3)13-17-5-4-11-22(17)2)21-10-12-24-14-15-6-8-16(19)9-7-15;/h4-9,11H,10,12-14H2,1-3H3,(H,20,21);1H. The number of halogens is 2. The van der Waals surface area contributed by atoms with Crippen molar-refractivity contribution in [3.63, 3.8) is 0 Å². The first-order valence-electron chi connectivity index (χ1n) is 7.94. The van der Waals surface area contributed by atoms with E-state index in [2.05, 4.69) is 25.8 Å². The van der Waals surface area contributed by atoms with Crippen molar-refractivity contribution in [2.24, 2.45) is 12.0 Å². The van der Waals surface area contributed by atoms with Gasteiger partial charge >= 0.3 is 0 Å². The lowest BCUT2D eigenvalue weighted by molar-refractivity contribution is 0.125. The molecule has 0 radical (unpaired) electrons. The van der Waals surface area contributed by atoms with Crippen molar-refractivity contribution >= 4 is 41.5 Å². The second-order valence-electron chi connectivity index (χ2n) is 5.62. The van der Waals surface area contributed by atoms with E-state index in [1.165, 1.54) is 5.69 Å². The van der Waals surface area contributed by atoms with E-state index in [1.807, 2.05) is 50.6 Å². The summed E-state index contributed by atoms with van der Waals surface area (Å²) in [6, 6.07) is 11.9. The van der Waals surface area contributed by atoms with E-state index in [0.29, 0.717) is 19.8 Å². The number of guanidine groups is 1. The number of nitrogens with one attached hydrogen (secondary N) is 1. The van der Waals surface area contributed by atoms with Crippen LogP contribution < -0.4 is 5.32 Å². The van der Waals surface area contributed by atoms with Crippen LogP contribution in [0.15, 0.2) is 47.6 Å². The molecule has 0 saturated heterocycles. The van der Waals surface area contributed by atoms with E-state index in [1.54, 1.807) is 7.05 Å². The molecule has 0 amide bonds. The van der Waals surface area contributed by atoms with Crippen LogP contribution in [0.1, 0.15) is 11.3 Å². The van der Waals surface area contributed by atoms with Crippen molar-refractivity contribution in [1.82, 2.24) is 14.8 Å². The maximum Gasteiger partial charge on any atom is 0.193 e. The van der Waals surface area contributed by atoms with Crippen LogP contribution in [0.25, 0.3) is 0 Å². The van der Waals surface area contributed by atoms with Gasteiger partial charge in [0.15, 0.2) is 5.96 Å². The van der Waals surface area contributed by atoms with Crippen molar-refractivity contribution in [2.75, 3.05) is 27.2 Å². The maximum atomic E-state index is 5.87. The molecule has 1 N–H and O–H groups in total. The molecular weight excluding hydrogens is 451 g/mol. The highest BCUT2D eigenvalue weighted by molar-refractivity contribution is 14.0. The van der Waals surface area contributed by atoms with Crippen LogP contribution in [-0.2, 0) is 24.9 Å². The van der Waals surface area contributed by atoms with E-state index < -0.39 is 0 Å². The molecule has 2 aromatic rings. The first kappa shape index (κ1) is 21.8. The van der Waals surface area contributed by atoms with Gasteiger partial charge in [-0.25, -0.2) is 0 Å². The molecule has 0 unspecified atom stereocenters. The minimum Gasteiger partial charge on any atom is -0.375 e. The van der Waals surface area contributed by atoms with E-state index in [-0.39, 0.29) is 24.0 Å². The Labute approximate surface area is 172 Å². The Bertz CT molecular complexity index is 657. The largest absolute Gasteiger partial charge is 0.375 e. The van der Waals surface area contributed by atoms with Crippen LogP contribution in [0.4, 0.5) is 0 Å². The predicted molar refractivity (Wildman–Crippen MR) is 115 cm³/mol. The fraction of sp³-hybridized carbons (Fsp3) is 0.389. The second kappa shape index (κ2) is 11.4. The lowest BCUT2D eigenvalue weighted by Gasteiger charge is -2.22. The number of aliphatic imine (C=N–C) groups is 1. The molecule has 5 nitrogen and oxygen atoms in total. The average molecular weight is 477 g/mol. The fourth-order valence-electron chi connectivity index (χ4n) is 2.37. The van der Waals surface area contributed by atoms with Gasteiger partial charge in [-0.3, -0.25) is 4.99 Å². The molecule has 1 aromatic heterocycles. The van der Waals surface area contributed by atoms with Crippen LogP contribution in [0, 0.1) is 0 Å².